The van der Waals surface area contributed by atoms with Crippen LogP contribution in [-0.2, 0) is 17.3 Å². The number of halogens is 1. The number of fused-ring (bicyclic) bond motifs is 10. The van der Waals surface area contributed by atoms with Gasteiger partial charge in [0, 0.05) is 107 Å². The van der Waals surface area contributed by atoms with E-state index in [1.165, 1.54) is 114 Å². The summed E-state index contributed by atoms with van der Waals surface area (Å²) in [7, 11) is 2.21. The predicted molar refractivity (Wildman–Crippen MR) is 322 cm³/mol. The predicted octanol–water partition coefficient (Wildman–Crippen LogP) is 17.1. The highest BCUT2D eigenvalue weighted by atomic mass is 35.5. The molecule has 5 heterocycles. The second-order valence-corrected chi connectivity index (χ2v) is 23.8. The first kappa shape index (κ1) is 48.7. The number of hydrogen-bond donors (Lipinski definition) is 0. The summed E-state index contributed by atoms with van der Waals surface area (Å²) in [5.41, 5.74) is 14.3. The highest BCUT2D eigenvalue weighted by molar-refractivity contribution is 6.32. The summed E-state index contributed by atoms with van der Waals surface area (Å²) in [6, 6.07) is 46.9. The van der Waals surface area contributed by atoms with Crippen molar-refractivity contribution in [1.29, 1.82) is 0 Å². The number of ether oxygens (including phenoxy) is 1. The molecule has 384 valence electrons. The molecule has 0 saturated carbocycles. The number of aliphatic imine (C=N–C) groups is 1. The maximum Gasteiger partial charge on any atom is 0.223 e. The highest BCUT2D eigenvalue weighted by Gasteiger charge is 2.48. The molecule has 0 aromatic heterocycles. The fourth-order valence-electron chi connectivity index (χ4n) is 14.2. The van der Waals surface area contributed by atoms with Gasteiger partial charge in [-0.2, -0.15) is 4.58 Å². The molecule has 1 fully saturated rings. The Balaban J connectivity index is 0.745. The third-order valence-electron chi connectivity index (χ3n) is 18.0. The molecule has 7 heteroatoms. The minimum Gasteiger partial charge on any atom is -0.460 e. The number of para-hydroxylation sites is 1. The van der Waals surface area contributed by atoms with Gasteiger partial charge in [-0.25, -0.2) is 0 Å². The van der Waals surface area contributed by atoms with Crippen molar-refractivity contribution in [3.8, 4) is 5.75 Å². The molecule has 0 radical (unpaired) electrons. The van der Waals surface area contributed by atoms with E-state index >= 15 is 0 Å². The van der Waals surface area contributed by atoms with Crippen molar-refractivity contribution in [2.24, 2.45) is 4.99 Å². The molecule has 6 nitrogen and oxygen atoms in total. The van der Waals surface area contributed by atoms with Crippen LogP contribution in [0.3, 0.4) is 0 Å². The van der Waals surface area contributed by atoms with E-state index in [0.717, 1.165) is 94.0 Å². The maximum atomic E-state index is 7.48. The quantitative estimate of drug-likeness (QED) is 0.0955. The highest BCUT2D eigenvalue weighted by Crippen LogP contribution is 2.52. The van der Waals surface area contributed by atoms with Crippen molar-refractivity contribution in [2.45, 2.75) is 115 Å². The smallest absolute Gasteiger partial charge is 0.223 e. The lowest BCUT2D eigenvalue weighted by molar-refractivity contribution is -0.438. The molecule has 1 saturated heterocycles. The second kappa shape index (κ2) is 19.3. The monoisotopic (exact) mass is 1020 g/mol. The largest absolute Gasteiger partial charge is 0.460 e. The van der Waals surface area contributed by atoms with Crippen LogP contribution in [0.25, 0.3) is 32.3 Å². The third-order valence-corrected chi connectivity index (χ3v) is 18.5. The molecule has 7 aromatic carbocycles. The van der Waals surface area contributed by atoms with E-state index in [2.05, 4.69) is 212 Å². The Morgan fingerprint density at radius 2 is 1.34 bits per heavy atom. The number of piperidine rings is 1. The minimum absolute atomic E-state index is 0.146. The van der Waals surface area contributed by atoms with E-state index in [4.69, 9.17) is 21.3 Å². The fraction of sp³-hybridized carbons (Fsp3) is 0.333. The summed E-state index contributed by atoms with van der Waals surface area (Å²) in [5.74, 6) is 0.899. The van der Waals surface area contributed by atoms with Gasteiger partial charge in [0.1, 0.15) is 12.2 Å². The van der Waals surface area contributed by atoms with Crippen LogP contribution in [-0.4, -0.2) is 55.5 Å². The summed E-state index contributed by atoms with van der Waals surface area (Å²) < 4.78 is 9.95. The van der Waals surface area contributed by atoms with Gasteiger partial charge in [-0.05, 0) is 133 Å². The van der Waals surface area contributed by atoms with Crippen LogP contribution in [0.2, 0.25) is 0 Å². The summed E-state index contributed by atoms with van der Waals surface area (Å²) in [6.07, 6.45) is 23.5. The average molecular weight is 1020 g/mol. The first-order valence-electron chi connectivity index (χ1n) is 28.3. The lowest BCUT2D eigenvalue weighted by Gasteiger charge is -2.40. The number of likely N-dealkylation sites (N-methyl/N-ethyl adjacent to an activating group) is 1. The molecule has 6 aliphatic rings. The first-order chi connectivity index (χ1) is 37.0. The zero-order valence-corrected chi connectivity index (χ0v) is 45.9. The lowest BCUT2D eigenvalue weighted by atomic mass is 9.78. The zero-order valence-electron chi connectivity index (χ0n) is 45.1. The lowest BCUT2D eigenvalue weighted by Crippen LogP contribution is -2.54. The number of rotatable bonds is 11. The molecule has 13 rings (SSSR count). The Morgan fingerprint density at radius 1 is 0.645 bits per heavy atom. The number of hydrogen-bond acceptors (Lipinski definition) is 5. The van der Waals surface area contributed by atoms with Gasteiger partial charge < -0.3 is 19.4 Å². The molecule has 76 heavy (non-hydrogen) atoms. The van der Waals surface area contributed by atoms with Crippen LogP contribution in [0, 0.1) is 0 Å². The third kappa shape index (κ3) is 8.12. The Morgan fingerprint density at radius 3 is 2.14 bits per heavy atom. The van der Waals surface area contributed by atoms with Gasteiger partial charge in [-0.1, -0.05) is 141 Å². The maximum absolute atomic E-state index is 7.48. The molecule has 0 amide bonds. The van der Waals surface area contributed by atoms with E-state index in [0.29, 0.717) is 0 Å². The van der Waals surface area contributed by atoms with E-state index in [-0.39, 0.29) is 10.8 Å². The molecule has 1 unspecified atom stereocenters. The molecular formula is C69H71ClN5O+. The van der Waals surface area contributed by atoms with Crippen molar-refractivity contribution in [3.05, 3.63) is 190 Å². The summed E-state index contributed by atoms with van der Waals surface area (Å²) in [4.78, 5) is 12.8. The van der Waals surface area contributed by atoms with Crippen molar-refractivity contribution >= 4 is 84.3 Å². The van der Waals surface area contributed by atoms with Gasteiger partial charge in [-0.15, -0.1) is 0 Å². The molecular weight excluding hydrogens is 950 g/mol. The van der Waals surface area contributed by atoms with Gasteiger partial charge in [0.05, 0.1) is 11.6 Å². The van der Waals surface area contributed by atoms with E-state index in [1.807, 2.05) is 0 Å². The number of unbranched alkanes of at least 4 members (excludes halogenated alkanes) is 3. The van der Waals surface area contributed by atoms with Crippen molar-refractivity contribution in [2.75, 3.05) is 47.9 Å². The average Bonchev–Trinajstić information content (AvgIpc) is 4.10. The normalized spacial score (nSPS) is 21.5. The van der Waals surface area contributed by atoms with Crippen molar-refractivity contribution in [1.82, 2.24) is 0 Å². The molecule has 7 aromatic rings. The molecule has 0 N–H and O–H groups in total. The van der Waals surface area contributed by atoms with Crippen LogP contribution < -0.4 is 19.4 Å². The summed E-state index contributed by atoms with van der Waals surface area (Å²) >= 11 is 7.48. The van der Waals surface area contributed by atoms with Gasteiger partial charge >= 0.3 is 0 Å². The molecule has 1 atom stereocenters. The number of nitrogens with zero attached hydrogens (tertiary/aromatic N) is 5. The number of benzene rings is 7. The van der Waals surface area contributed by atoms with Crippen LogP contribution in [0.15, 0.2) is 179 Å². The minimum atomic E-state index is -0.654. The Hall–Kier alpha value is -6.89. The van der Waals surface area contributed by atoms with Gasteiger partial charge in [0.2, 0.25) is 11.4 Å². The second-order valence-electron chi connectivity index (χ2n) is 23.4. The van der Waals surface area contributed by atoms with Crippen LogP contribution in [0.4, 0.5) is 28.4 Å². The van der Waals surface area contributed by atoms with Gasteiger partial charge in [0.15, 0.2) is 11.5 Å². The van der Waals surface area contributed by atoms with Crippen LogP contribution in [0.5, 0.6) is 5.75 Å². The standard InChI is InChI=1S/C69H71ClN5O/c1-67(2)61(72(5)57-36-32-47-22-9-12-27-52(47)63(57)67)38-34-49-25-21-26-50(65(49)70)35-39-62-68(3,4)64-53-28-13-10-23-48(53)33-37-58(64)74(62)42-19-6-7-20-43-75-56-31-16-11-24-51(56)45-69(75)46-71-66-55-30-15-14-29-54(55)59(44-60(66)76-69)73-40-17-8-18-41-73/h9-16,22-24,27-39,44,46H,6-8,17-21,25-26,40-43,45H2,1-5H3/q+1. The van der Waals surface area contributed by atoms with Crippen LogP contribution in [0.1, 0.15) is 109 Å². The van der Waals surface area contributed by atoms with Gasteiger partial charge in [-0.3, -0.25) is 4.99 Å². The fourth-order valence-corrected chi connectivity index (χ4v) is 14.6. The van der Waals surface area contributed by atoms with Gasteiger partial charge in [0.25, 0.3) is 0 Å². The topological polar surface area (TPSA) is 34.3 Å². The molecule has 5 aliphatic heterocycles. The Labute approximate surface area is 455 Å². The van der Waals surface area contributed by atoms with E-state index in [9.17, 15) is 0 Å². The zero-order chi connectivity index (χ0) is 51.8. The molecule has 1 aliphatic carbocycles. The summed E-state index contributed by atoms with van der Waals surface area (Å²) in [5, 5.41) is 8.59. The Kier molecular flexibility index (Phi) is 12.4. The molecule has 1 spiro atoms. The number of anilines is 3. The van der Waals surface area contributed by atoms with Crippen LogP contribution >= 0.6 is 11.6 Å². The van der Waals surface area contributed by atoms with Crippen molar-refractivity contribution in [3.63, 3.8) is 0 Å². The van der Waals surface area contributed by atoms with Crippen molar-refractivity contribution < 1.29 is 9.31 Å². The SMILES string of the molecule is CN1/C(=C/C=C2\CCCC(/C=C/C3=[N+](CCCCCCN4c5ccccc5CC45C=Nc4c(cc(N6CCCCC6)c6ccccc46)O5)c4ccc5ccccc5c4C3(C)C)=C2Cl)C(C)(C)c2c1ccc1ccccc21. The first-order valence-corrected chi connectivity index (χ1v) is 28.7. The number of allylic oxidation sites excluding steroid dienone is 8. The molecule has 0 bridgehead atoms. The summed E-state index contributed by atoms with van der Waals surface area (Å²) in [6.45, 7) is 13.6. The Bertz CT molecular complexity index is 3680. The van der Waals surface area contributed by atoms with E-state index < -0.39 is 5.72 Å². The van der Waals surface area contributed by atoms with E-state index in [1.54, 1.807) is 0 Å².